The molecular formula is C18H20N2O4. The number of benzene rings is 2. The molecule has 6 nitrogen and oxygen atoms in total. The molecule has 0 bridgehead atoms. The lowest BCUT2D eigenvalue weighted by Crippen LogP contribution is -2.29. The Labute approximate surface area is 140 Å². The number of amides is 2. The van der Waals surface area contributed by atoms with Crippen molar-refractivity contribution in [2.24, 2.45) is 0 Å². The molecule has 2 N–H and O–H groups in total. The lowest BCUT2D eigenvalue weighted by atomic mass is 10.2. The van der Waals surface area contributed by atoms with Crippen LogP contribution in [0.2, 0.25) is 0 Å². The van der Waals surface area contributed by atoms with Crippen molar-refractivity contribution in [3.05, 3.63) is 47.5 Å². The van der Waals surface area contributed by atoms with Gasteiger partial charge in [-0.1, -0.05) is 12.1 Å². The van der Waals surface area contributed by atoms with Gasteiger partial charge >= 0.3 is 11.8 Å². The van der Waals surface area contributed by atoms with Crippen LogP contribution in [-0.2, 0) is 9.59 Å². The molecular weight excluding hydrogens is 308 g/mol. The average molecular weight is 328 g/mol. The van der Waals surface area contributed by atoms with Gasteiger partial charge in [-0.2, -0.15) is 0 Å². The maximum Gasteiger partial charge on any atom is 0.314 e. The minimum absolute atomic E-state index is 0.430. The van der Waals surface area contributed by atoms with Crippen LogP contribution in [0.5, 0.6) is 11.5 Å². The van der Waals surface area contributed by atoms with Gasteiger partial charge in [0.1, 0.15) is 11.5 Å². The van der Waals surface area contributed by atoms with Gasteiger partial charge in [-0.3, -0.25) is 9.59 Å². The summed E-state index contributed by atoms with van der Waals surface area (Å²) in [6.07, 6.45) is 0. The molecule has 2 aromatic rings. The Balaban J connectivity index is 2.12. The molecule has 0 fully saturated rings. The second-order valence-corrected chi connectivity index (χ2v) is 5.32. The van der Waals surface area contributed by atoms with Crippen LogP contribution in [0.25, 0.3) is 0 Å². The highest BCUT2D eigenvalue weighted by molar-refractivity contribution is 6.43. The number of carbonyl (C=O) groups is 2. The third kappa shape index (κ3) is 4.04. The van der Waals surface area contributed by atoms with Gasteiger partial charge in [-0.05, 0) is 49.2 Å². The van der Waals surface area contributed by atoms with Crippen molar-refractivity contribution in [3.8, 4) is 11.5 Å². The first kappa shape index (κ1) is 17.3. The second kappa shape index (κ2) is 7.50. The van der Waals surface area contributed by atoms with E-state index in [1.165, 1.54) is 14.2 Å². The first-order valence-corrected chi connectivity index (χ1v) is 7.36. The van der Waals surface area contributed by atoms with Gasteiger partial charge in [-0.25, -0.2) is 0 Å². The van der Waals surface area contributed by atoms with E-state index >= 15 is 0 Å². The Morgan fingerprint density at radius 2 is 1.12 bits per heavy atom. The molecule has 0 aromatic heterocycles. The lowest BCUT2D eigenvalue weighted by molar-refractivity contribution is -0.133. The van der Waals surface area contributed by atoms with Crippen LogP contribution in [0.4, 0.5) is 11.4 Å². The van der Waals surface area contributed by atoms with E-state index < -0.39 is 11.8 Å². The fraction of sp³-hybridized carbons (Fsp3) is 0.222. The molecule has 2 amide bonds. The van der Waals surface area contributed by atoms with Crippen LogP contribution >= 0.6 is 0 Å². The summed E-state index contributed by atoms with van der Waals surface area (Å²) in [5, 5.41) is 5.08. The molecule has 0 spiro atoms. The number of carbonyl (C=O) groups excluding carboxylic acids is 2. The number of rotatable bonds is 4. The molecule has 6 heteroatoms. The van der Waals surface area contributed by atoms with E-state index in [0.29, 0.717) is 22.9 Å². The summed E-state index contributed by atoms with van der Waals surface area (Å²) >= 11 is 0. The van der Waals surface area contributed by atoms with Crippen LogP contribution in [0, 0.1) is 13.8 Å². The zero-order valence-electron chi connectivity index (χ0n) is 14.1. The molecule has 0 unspecified atom stereocenters. The van der Waals surface area contributed by atoms with E-state index in [2.05, 4.69) is 10.6 Å². The summed E-state index contributed by atoms with van der Waals surface area (Å²) in [6, 6.07) is 10.6. The minimum Gasteiger partial charge on any atom is -0.495 e. The fourth-order valence-electron chi connectivity index (χ4n) is 2.16. The molecule has 0 aliphatic carbocycles. The zero-order chi connectivity index (χ0) is 17.7. The molecule has 0 heterocycles. The largest absolute Gasteiger partial charge is 0.495 e. The van der Waals surface area contributed by atoms with Crippen molar-refractivity contribution in [2.45, 2.75) is 13.8 Å². The smallest absolute Gasteiger partial charge is 0.314 e. The van der Waals surface area contributed by atoms with Gasteiger partial charge in [0.2, 0.25) is 0 Å². The number of methoxy groups -OCH3 is 2. The number of hydrogen-bond donors (Lipinski definition) is 2. The molecule has 2 aromatic carbocycles. The molecule has 0 saturated carbocycles. The summed E-state index contributed by atoms with van der Waals surface area (Å²) in [7, 11) is 3.00. The van der Waals surface area contributed by atoms with Gasteiger partial charge in [-0.15, -0.1) is 0 Å². The van der Waals surface area contributed by atoms with Crippen LogP contribution in [0.15, 0.2) is 36.4 Å². The number of anilines is 2. The molecule has 126 valence electrons. The number of nitrogens with one attached hydrogen (secondary N) is 2. The maximum absolute atomic E-state index is 12.1. The second-order valence-electron chi connectivity index (χ2n) is 5.32. The van der Waals surface area contributed by atoms with Crippen molar-refractivity contribution in [1.82, 2.24) is 0 Å². The predicted molar refractivity (Wildman–Crippen MR) is 92.7 cm³/mol. The summed E-state index contributed by atoms with van der Waals surface area (Å²) in [5.74, 6) is -0.604. The van der Waals surface area contributed by atoms with Crippen LogP contribution in [-0.4, -0.2) is 26.0 Å². The SMILES string of the molecule is COc1cc(C)ccc1NC(=O)C(=O)Nc1ccc(C)cc1OC. The molecule has 0 atom stereocenters. The van der Waals surface area contributed by atoms with E-state index in [1.807, 2.05) is 26.0 Å². The van der Waals surface area contributed by atoms with E-state index in [-0.39, 0.29) is 0 Å². The van der Waals surface area contributed by atoms with Gasteiger partial charge in [0, 0.05) is 0 Å². The molecule has 0 aliphatic rings. The zero-order valence-corrected chi connectivity index (χ0v) is 14.1. The molecule has 0 saturated heterocycles. The van der Waals surface area contributed by atoms with E-state index in [1.54, 1.807) is 24.3 Å². The van der Waals surface area contributed by atoms with Crippen molar-refractivity contribution >= 4 is 23.2 Å². The third-order valence-corrected chi connectivity index (χ3v) is 3.42. The first-order chi connectivity index (χ1) is 11.4. The number of ether oxygens (including phenoxy) is 2. The molecule has 2 rings (SSSR count). The maximum atomic E-state index is 12.1. The summed E-state index contributed by atoms with van der Waals surface area (Å²) in [5.41, 5.74) is 2.83. The van der Waals surface area contributed by atoms with Gasteiger partial charge in [0.05, 0.1) is 25.6 Å². The first-order valence-electron chi connectivity index (χ1n) is 7.36. The lowest BCUT2D eigenvalue weighted by Gasteiger charge is -2.12. The van der Waals surface area contributed by atoms with E-state index in [0.717, 1.165) is 11.1 Å². The Kier molecular flexibility index (Phi) is 5.42. The van der Waals surface area contributed by atoms with Crippen LogP contribution in [0.3, 0.4) is 0 Å². The normalized spacial score (nSPS) is 10.0. The highest BCUT2D eigenvalue weighted by Crippen LogP contribution is 2.27. The topological polar surface area (TPSA) is 76.7 Å². The highest BCUT2D eigenvalue weighted by Gasteiger charge is 2.17. The van der Waals surface area contributed by atoms with Gasteiger partial charge < -0.3 is 20.1 Å². The molecule has 24 heavy (non-hydrogen) atoms. The Bertz CT molecular complexity index is 706. The summed E-state index contributed by atoms with van der Waals surface area (Å²) in [4.78, 5) is 24.2. The quantitative estimate of drug-likeness (QED) is 0.846. The van der Waals surface area contributed by atoms with Crippen molar-refractivity contribution in [2.75, 3.05) is 24.9 Å². The summed E-state index contributed by atoms with van der Waals surface area (Å²) < 4.78 is 10.4. The summed E-state index contributed by atoms with van der Waals surface area (Å²) in [6.45, 7) is 3.81. The number of aryl methyl sites for hydroxylation is 2. The number of hydrogen-bond acceptors (Lipinski definition) is 4. The van der Waals surface area contributed by atoms with Crippen LogP contribution in [0.1, 0.15) is 11.1 Å². The standard InChI is InChI=1S/C18H20N2O4/c1-11-5-7-13(15(9-11)23-3)19-17(21)18(22)20-14-8-6-12(2)10-16(14)24-4/h5-10H,1-4H3,(H,19,21)(H,20,22). The minimum atomic E-state index is -0.792. The molecule has 0 aliphatic heterocycles. The Morgan fingerprint density at radius 3 is 1.46 bits per heavy atom. The van der Waals surface area contributed by atoms with Crippen molar-refractivity contribution in [1.29, 1.82) is 0 Å². The van der Waals surface area contributed by atoms with Gasteiger partial charge in [0.25, 0.3) is 0 Å². The van der Waals surface area contributed by atoms with E-state index in [4.69, 9.17) is 9.47 Å². The molecule has 0 radical (unpaired) electrons. The Morgan fingerprint density at radius 1 is 0.750 bits per heavy atom. The highest BCUT2D eigenvalue weighted by atomic mass is 16.5. The predicted octanol–water partition coefficient (Wildman–Crippen LogP) is 2.90. The van der Waals surface area contributed by atoms with Crippen molar-refractivity contribution < 1.29 is 19.1 Å². The Hall–Kier alpha value is -3.02. The van der Waals surface area contributed by atoms with Crippen LogP contribution < -0.4 is 20.1 Å². The van der Waals surface area contributed by atoms with E-state index in [9.17, 15) is 9.59 Å². The van der Waals surface area contributed by atoms with Gasteiger partial charge in [0.15, 0.2) is 0 Å². The average Bonchev–Trinajstić information content (AvgIpc) is 2.57. The third-order valence-electron chi connectivity index (χ3n) is 3.42. The fourth-order valence-corrected chi connectivity index (χ4v) is 2.16. The monoisotopic (exact) mass is 328 g/mol. The van der Waals surface area contributed by atoms with Crippen molar-refractivity contribution in [3.63, 3.8) is 0 Å².